The summed E-state index contributed by atoms with van der Waals surface area (Å²) < 4.78 is 40.5. The number of para-hydroxylation sites is 3. The summed E-state index contributed by atoms with van der Waals surface area (Å²) in [5, 5.41) is 2.90. The van der Waals surface area contributed by atoms with Gasteiger partial charge in [0.1, 0.15) is 11.6 Å². The predicted octanol–water partition coefficient (Wildman–Crippen LogP) is 5.42. The van der Waals surface area contributed by atoms with Crippen LogP contribution in [0.4, 0.5) is 15.8 Å². The average molecular weight is 487 g/mol. The lowest BCUT2D eigenvalue weighted by molar-refractivity contribution is 0.102. The van der Waals surface area contributed by atoms with Gasteiger partial charge in [-0.15, -0.1) is 0 Å². The second kappa shape index (κ2) is 9.03. The summed E-state index contributed by atoms with van der Waals surface area (Å²) in [7, 11) is -3.89. The summed E-state index contributed by atoms with van der Waals surface area (Å²) in [5.74, 6) is -0.254. The molecule has 0 aliphatic carbocycles. The number of aromatic amines is 1. The van der Waals surface area contributed by atoms with Crippen molar-refractivity contribution >= 4 is 38.3 Å². The minimum absolute atomic E-state index is 0.0667. The molecular weight excluding hydrogens is 467 g/mol. The zero-order valence-corrected chi connectivity index (χ0v) is 19.0. The van der Waals surface area contributed by atoms with Gasteiger partial charge in [-0.1, -0.05) is 24.3 Å². The lowest BCUT2D eigenvalue weighted by atomic mass is 10.1. The number of rotatable bonds is 6. The number of fused-ring (bicyclic) bond motifs is 1. The molecule has 0 aliphatic heterocycles. The lowest BCUT2D eigenvalue weighted by Crippen LogP contribution is -2.14. The SMILES string of the molecule is O=C(Nc1ccccc1-c1nc2ccccc2[nH]1)c1ccc(NS(=O)(=O)c2ccc(F)cc2)cc1. The number of benzene rings is 4. The molecule has 1 aromatic heterocycles. The van der Waals surface area contributed by atoms with Gasteiger partial charge in [0.25, 0.3) is 15.9 Å². The molecule has 0 saturated carbocycles. The van der Waals surface area contributed by atoms with Gasteiger partial charge in [-0.3, -0.25) is 9.52 Å². The average Bonchev–Trinajstić information content (AvgIpc) is 3.29. The van der Waals surface area contributed by atoms with Crippen molar-refractivity contribution in [2.45, 2.75) is 4.90 Å². The zero-order valence-electron chi connectivity index (χ0n) is 18.2. The van der Waals surface area contributed by atoms with E-state index >= 15 is 0 Å². The quantitative estimate of drug-likeness (QED) is 0.298. The van der Waals surface area contributed by atoms with Gasteiger partial charge in [0.05, 0.1) is 21.6 Å². The van der Waals surface area contributed by atoms with E-state index in [1.54, 1.807) is 6.07 Å². The predicted molar refractivity (Wildman–Crippen MR) is 133 cm³/mol. The number of halogens is 1. The van der Waals surface area contributed by atoms with Crippen LogP contribution in [0.5, 0.6) is 0 Å². The van der Waals surface area contributed by atoms with E-state index in [4.69, 9.17) is 0 Å². The van der Waals surface area contributed by atoms with Gasteiger partial charge in [-0.25, -0.2) is 17.8 Å². The monoisotopic (exact) mass is 486 g/mol. The number of nitrogens with one attached hydrogen (secondary N) is 3. The number of hydrogen-bond donors (Lipinski definition) is 3. The molecule has 35 heavy (non-hydrogen) atoms. The van der Waals surface area contributed by atoms with Gasteiger partial charge in [0, 0.05) is 16.8 Å². The van der Waals surface area contributed by atoms with E-state index in [1.165, 1.54) is 36.4 Å². The van der Waals surface area contributed by atoms with Crippen molar-refractivity contribution in [2.75, 3.05) is 10.0 Å². The summed E-state index contributed by atoms with van der Waals surface area (Å²) >= 11 is 0. The van der Waals surface area contributed by atoms with E-state index in [1.807, 2.05) is 42.5 Å². The van der Waals surface area contributed by atoms with Gasteiger partial charge < -0.3 is 10.3 Å². The summed E-state index contributed by atoms with van der Waals surface area (Å²) in [4.78, 5) is 20.7. The molecule has 0 unspecified atom stereocenters. The van der Waals surface area contributed by atoms with Crippen molar-refractivity contribution in [1.82, 2.24) is 9.97 Å². The molecule has 1 heterocycles. The first kappa shape index (κ1) is 22.3. The van der Waals surface area contributed by atoms with Crippen molar-refractivity contribution in [3.8, 4) is 11.4 Å². The highest BCUT2D eigenvalue weighted by Crippen LogP contribution is 2.28. The number of carbonyl (C=O) groups is 1. The molecule has 5 rings (SSSR count). The van der Waals surface area contributed by atoms with E-state index in [2.05, 4.69) is 20.0 Å². The van der Waals surface area contributed by atoms with Crippen LogP contribution >= 0.6 is 0 Å². The van der Waals surface area contributed by atoms with Crippen molar-refractivity contribution in [3.05, 3.63) is 108 Å². The maximum atomic E-state index is 13.1. The summed E-state index contributed by atoms with van der Waals surface area (Å²) in [6, 6.07) is 25.5. The maximum absolute atomic E-state index is 13.1. The first-order chi connectivity index (χ1) is 16.9. The second-order valence-corrected chi connectivity index (χ2v) is 9.42. The van der Waals surface area contributed by atoms with Crippen molar-refractivity contribution in [1.29, 1.82) is 0 Å². The Labute approximate surface area is 200 Å². The number of carbonyl (C=O) groups excluding carboxylic acids is 1. The number of amides is 1. The van der Waals surface area contributed by atoms with Gasteiger partial charge in [0.2, 0.25) is 0 Å². The first-order valence-corrected chi connectivity index (χ1v) is 12.1. The van der Waals surface area contributed by atoms with Crippen molar-refractivity contribution in [3.63, 3.8) is 0 Å². The highest BCUT2D eigenvalue weighted by atomic mass is 32.2. The van der Waals surface area contributed by atoms with Crippen LogP contribution in [0.2, 0.25) is 0 Å². The zero-order chi connectivity index (χ0) is 24.4. The number of anilines is 2. The lowest BCUT2D eigenvalue weighted by Gasteiger charge is -2.11. The molecule has 0 spiro atoms. The first-order valence-electron chi connectivity index (χ1n) is 10.6. The third-order valence-electron chi connectivity index (χ3n) is 5.34. The minimum atomic E-state index is -3.89. The van der Waals surface area contributed by atoms with Crippen LogP contribution < -0.4 is 10.0 Å². The summed E-state index contributed by atoms with van der Waals surface area (Å²) in [5.41, 5.74) is 3.64. The smallest absolute Gasteiger partial charge is 0.261 e. The number of sulfonamides is 1. The molecule has 7 nitrogen and oxygen atoms in total. The fourth-order valence-electron chi connectivity index (χ4n) is 3.59. The van der Waals surface area contributed by atoms with Gasteiger partial charge in [-0.2, -0.15) is 0 Å². The Balaban J connectivity index is 1.33. The summed E-state index contributed by atoms with van der Waals surface area (Å²) in [6.07, 6.45) is 0. The topological polar surface area (TPSA) is 104 Å². The Kier molecular flexibility index (Phi) is 5.76. The van der Waals surface area contributed by atoms with Crippen LogP contribution in [0, 0.1) is 5.82 Å². The van der Waals surface area contributed by atoms with Crippen LogP contribution in [0.25, 0.3) is 22.4 Å². The van der Waals surface area contributed by atoms with Crippen LogP contribution in [0.3, 0.4) is 0 Å². The van der Waals surface area contributed by atoms with Crippen LogP contribution in [-0.2, 0) is 10.0 Å². The number of hydrogen-bond acceptors (Lipinski definition) is 4. The molecule has 174 valence electrons. The fourth-order valence-corrected chi connectivity index (χ4v) is 4.65. The Hall–Kier alpha value is -4.50. The van der Waals surface area contributed by atoms with E-state index in [0.29, 0.717) is 17.1 Å². The van der Waals surface area contributed by atoms with E-state index in [0.717, 1.165) is 28.7 Å². The number of nitrogens with zero attached hydrogens (tertiary/aromatic N) is 1. The largest absolute Gasteiger partial charge is 0.338 e. The Morgan fingerprint density at radius 3 is 2.26 bits per heavy atom. The third kappa shape index (κ3) is 4.75. The highest BCUT2D eigenvalue weighted by molar-refractivity contribution is 7.92. The molecule has 0 fully saturated rings. The number of imidazole rings is 1. The van der Waals surface area contributed by atoms with Crippen molar-refractivity contribution in [2.24, 2.45) is 0 Å². The molecule has 0 bridgehead atoms. The molecule has 1 amide bonds. The number of aromatic nitrogens is 2. The van der Waals surface area contributed by atoms with Gasteiger partial charge in [0.15, 0.2) is 0 Å². The van der Waals surface area contributed by atoms with Crippen LogP contribution in [0.1, 0.15) is 10.4 Å². The van der Waals surface area contributed by atoms with E-state index in [-0.39, 0.29) is 16.5 Å². The molecule has 0 radical (unpaired) electrons. The Bertz CT molecular complexity index is 1600. The van der Waals surface area contributed by atoms with Gasteiger partial charge in [-0.05, 0) is 72.8 Å². The Morgan fingerprint density at radius 1 is 0.829 bits per heavy atom. The fraction of sp³-hybridized carbons (Fsp3) is 0. The van der Waals surface area contributed by atoms with Gasteiger partial charge >= 0.3 is 0 Å². The Morgan fingerprint density at radius 2 is 1.51 bits per heavy atom. The van der Waals surface area contributed by atoms with Crippen LogP contribution in [-0.4, -0.2) is 24.3 Å². The molecule has 0 saturated heterocycles. The molecular formula is C26H19FN4O3S. The second-order valence-electron chi connectivity index (χ2n) is 7.74. The normalized spacial score (nSPS) is 11.3. The maximum Gasteiger partial charge on any atom is 0.261 e. The molecule has 5 aromatic rings. The van der Waals surface area contributed by atoms with E-state index < -0.39 is 15.8 Å². The molecule has 3 N–H and O–H groups in total. The van der Waals surface area contributed by atoms with Crippen molar-refractivity contribution < 1.29 is 17.6 Å². The molecule has 0 aliphatic rings. The van der Waals surface area contributed by atoms with E-state index in [9.17, 15) is 17.6 Å². The summed E-state index contributed by atoms with van der Waals surface area (Å²) in [6.45, 7) is 0. The highest BCUT2D eigenvalue weighted by Gasteiger charge is 2.16. The molecule has 9 heteroatoms. The standard InChI is InChI=1S/C26H19FN4O3S/c27-18-11-15-20(16-12-18)35(33,34)31-19-13-9-17(10-14-19)26(32)30-22-6-2-1-5-21(22)25-28-23-7-3-4-8-24(23)29-25/h1-16,31H,(H,28,29)(H,30,32). The van der Waals surface area contributed by atoms with Crippen LogP contribution in [0.15, 0.2) is 102 Å². The third-order valence-corrected chi connectivity index (χ3v) is 6.74. The number of H-pyrrole nitrogens is 1. The molecule has 0 atom stereocenters. The minimum Gasteiger partial charge on any atom is -0.338 e. The molecule has 4 aromatic carbocycles.